The molecule has 0 fully saturated rings. The quantitative estimate of drug-likeness (QED) is 0.394. The van der Waals surface area contributed by atoms with Crippen LogP contribution in [0.5, 0.6) is 0 Å². The first-order valence-electron chi connectivity index (χ1n) is 11.0. The van der Waals surface area contributed by atoms with Crippen LogP contribution in [0.1, 0.15) is 29.9 Å². The predicted octanol–water partition coefficient (Wildman–Crippen LogP) is 3.98. The third kappa shape index (κ3) is 4.88. The number of ether oxygens (including phenoxy) is 1. The lowest BCUT2D eigenvalue weighted by Gasteiger charge is -2.26. The van der Waals surface area contributed by atoms with Crippen molar-refractivity contribution in [3.63, 3.8) is 0 Å². The summed E-state index contributed by atoms with van der Waals surface area (Å²) in [6, 6.07) is 25.1. The molecule has 172 valence electrons. The van der Waals surface area contributed by atoms with Gasteiger partial charge in [0.15, 0.2) is 12.3 Å². The van der Waals surface area contributed by atoms with Gasteiger partial charge in [0.1, 0.15) is 0 Å². The van der Waals surface area contributed by atoms with Gasteiger partial charge in [0.2, 0.25) is 0 Å². The minimum atomic E-state index is -0.766. The van der Waals surface area contributed by atoms with Gasteiger partial charge in [-0.25, -0.2) is 4.79 Å². The molecule has 0 saturated heterocycles. The number of nitrogens with zero attached hydrogens (tertiary/aromatic N) is 3. The molecular weight excluding hydrogens is 430 g/mol. The van der Waals surface area contributed by atoms with Gasteiger partial charge in [-0.3, -0.25) is 9.59 Å². The first-order chi connectivity index (χ1) is 16.5. The van der Waals surface area contributed by atoms with E-state index in [-0.39, 0.29) is 23.2 Å². The van der Waals surface area contributed by atoms with Crippen molar-refractivity contribution in [1.29, 1.82) is 0 Å². The summed E-state index contributed by atoms with van der Waals surface area (Å²) in [6.07, 6.45) is 0. The lowest BCUT2D eigenvalue weighted by atomic mass is 10.1. The van der Waals surface area contributed by atoms with Gasteiger partial charge in [-0.05, 0) is 37.6 Å². The van der Waals surface area contributed by atoms with E-state index >= 15 is 0 Å². The van der Waals surface area contributed by atoms with E-state index in [1.165, 1.54) is 4.68 Å². The Bertz CT molecular complexity index is 1370. The van der Waals surface area contributed by atoms with Crippen LogP contribution in [0.25, 0.3) is 16.5 Å². The van der Waals surface area contributed by atoms with Crippen LogP contribution < -0.4 is 5.56 Å². The van der Waals surface area contributed by atoms with Crippen LogP contribution in [0.4, 0.5) is 0 Å². The minimum Gasteiger partial charge on any atom is -0.451 e. The predicted molar refractivity (Wildman–Crippen MR) is 130 cm³/mol. The average molecular weight is 456 g/mol. The van der Waals surface area contributed by atoms with Crippen LogP contribution in [-0.4, -0.2) is 39.2 Å². The molecule has 7 nitrogen and oxygen atoms in total. The first kappa shape index (κ1) is 22.9. The second-order valence-corrected chi connectivity index (χ2v) is 8.12. The number of aromatic nitrogens is 2. The number of fused-ring (bicyclic) bond motifs is 1. The summed E-state index contributed by atoms with van der Waals surface area (Å²) in [5, 5.41) is 5.02. The molecule has 4 aromatic rings. The molecule has 1 amide bonds. The van der Waals surface area contributed by atoms with Crippen LogP contribution in [0.15, 0.2) is 89.7 Å². The van der Waals surface area contributed by atoms with E-state index in [0.717, 1.165) is 5.56 Å². The molecule has 0 saturated carbocycles. The van der Waals surface area contributed by atoms with Crippen molar-refractivity contribution in [1.82, 2.24) is 14.7 Å². The molecule has 4 rings (SSSR count). The largest absolute Gasteiger partial charge is 0.451 e. The number of rotatable bonds is 7. The summed E-state index contributed by atoms with van der Waals surface area (Å²) >= 11 is 0. The summed E-state index contributed by atoms with van der Waals surface area (Å²) < 4.78 is 6.57. The van der Waals surface area contributed by atoms with Gasteiger partial charge in [-0.15, -0.1) is 0 Å². The number of benzene rings is 3. The molecule has 0 N–H and O–H groups in total. The fraction of sp³-hybridized carbons (Fsp3) is 0.185. The number of carbonyl (C=O) groups excluding carboxylic acids is 2. The number of esters is 1. The van der Waals surface area contributed by atoms with Crippen LogP contribution in [0, 0.1) is 0 Å². The monoisotopic (exact) mass is 455 g/mol. The summed E-state index contributed by atoms with van der Waals surface area (Å²) in [5.74, 6) is -1.08. The van der Waals surface area contributed by atoms with Gasteiger partial charge < -0.3 is 9.64 Å². The summed E-state index contributed by atoms with van der Waals surface area (Å²) in [5.41, 5.74) is 1.14. The second kappa shape index (κ2) is 10.1. The number of hydrogen-bond donors (Lipinski definition) is 0. The molecule has 1 heterocycles. The van der Waals surface area contributed by atoms with Crippen molar-refractivity contribution >= 4 is 22.6 Å². The maximum absolute atomic E-state index is 13.0. The number of amides is 1. The SMILES string of the molecule is CC(C)N(Cc1ccccc1)C(=O)COC(=O)c1nn(-c2ccccc2)c(=O)c2ccccc12. The van der Waals surface area contributed by atoms with Gasteiger partial charge in [0.25, 0.3) is 11.5 Å². The first-order valence-corrected chi connectivity index (χ1v) is 11.0. The molecule has 0 aliphatic rings. The fourth-order valence-electron chi connectivity index (χ4n) is 3.70. The van der Waals surface area contributed by atoms with E-state index in [1.807, 2.05) is 50.2 Å². The Morgan fingerprint density at radius 2 is 1.47 bits per heavy atom. The normalized spacial score (nSPS) is 10.9. The zero-order valence-electron chi connectivity index (χ0n) is 19.0. The molecule has 1 aromatic heterocycles. The highest BCUT2D eigenvalue weighted by Crippen LogP contribution is 2.16. The molecule has 0 aliphatic heterocycles. The van der Waals surface area contributed by atoms with Gasteiger partial charge in [-0.2, -0.15) is 9.78 Å². The van der Waals surface area contributed by atoms with Crippen molar-refractivity contribution in [3.05, 3.63) is 107 Å². The van der Waals surface area contributed by atoms with Gasteiger partial charge in [-0.1, -0.05) is 66.7 Å². The molecule has 0 atom stereocenters. The molecule has 0 spiro atoms. The lowest BCUT2D eigenvalue weighted by Crippen LogP contribution is -2.39. The van der Waals surface area contributed by atoms with Crippen LogP contribution in [-0.2, 0) is 16.1 Å². The van der Waals surface area contributed by atoms with Crippen molar-refractivity contribution in [3.8, 4) is 5.69 Å². The number of para-hydroxylation sites is 1. The van der Waals surface area contributed by atoms with Crippen LogP contribution >= 0.6 is 0 Å². The molecule has 0 bridgehead atoms. The maximum Gasteiger partial charge on any atom is 0.359 e. The Morgan fingerprint density at radius 1 is 0.882 bits per heavy atom. The fourth-order valence-corrected chi connectivity index (χ4v) is 3.70. The molecular formula is C27H25N3O4. The lowest BCUT2D eigenvalue weighted by molar-refractivity contribution is -0.136. The van der Waals surface area contributed by atoms with Gasteiger partial charge in [0, 0.05) is 18.0 Å². The van der Waals surface area contributed by atoms with Crippen molar-refractivity contribution in [2.75, 3.05) is 6.61 Å². The number of hydrogen-bond acceptors (Lipinski definition) is 5. The second-order valence-electron chi connectivity index (χ2n) is 8.12. The van der Waals surface area contributed by atoms with E-state index in [1.54, 1.807) is 53.4 Å². The zero-order valence-corrected chi connectivity index (χ0v) is 19.0. The molecule has 0 unspecified atom stereocenters. The Kier molecular flexibility index (Phi) is 6.82. The maximum atomic E-state index is 13.0. The standard InChI is InChI=1S/C27H25N3O4/c1-19(2)29(17-20-11-5-3-6-12-20)24(31)18-34-27(33)25-22-15-9-10-16-23(22)26(32)30(28-25)21-13-7-4-8-14-21/h3-16,19H,17-18H2,1-2H3. The topological polar surface area (TPSA) is 81.5 Å². The molecule has 0 aliphatic carbocycles. The smallest absolute Gasteiger partial charge is 0.359 e. The Morgan fingerprint density at radius 3 is 2.12 bits per heavy atom. The van der Waals surface area contributed by atoms with Crippen LogP contribution in [0.3, 0.4) is 0 Å². The highest BCUT2D eigenvalue weighted by molar-refractivity contribution is 6.02. The highest BCUT2D eigenvalue weighted by Gasteiger charge is 2.22. The minimum absolute atomic E-state index is 0.0222. The van der Waals surface area contributed by atoms with Crippen molar-refractivity contribution < 1.29 is 14.3 Å². The van der Waals surface area contributed by atoms with Crippen LogP contribution in [0.2, 0.25) is 0 Å². The van der Waals surface area contributed by atoms with Gasteiger partial charge >= 0.3 is 5.97 Å². The van der Waals surface area contributed by atoms with Crippen molar-refractivity contribution in [2.24, 2.45) is 0 Å². The summed E-state index contributed by atoms with van der Waals surface area (Å²) in [4.78, 5) is 40.6. The Balaban J connectivity index is 1.60. The van der Waals surface area contributed by atoms with Gasteiger partial charge in [0.05, 0.1) is 11.1 Å². The summed E-state index contributed by atoms with van der Waals surface area (Å²) in [6.45, 7) is 3.81. The molecule has 0 radical (unpaired) electrons. The third-order valence-corrected chi connectivity index (χ3v) is 5.47. The van der Waals surface area contributed by atoms with E-state index in [0.29, 0.717) is 23.0 Å². The van der Waals surface area contributed by atoms with E-state index in [2.05, 4.69) is 5.10 Å². The Labute approximate surface area is 197 Å². The van der Waals surface area contributed by atoms with Crippen molar-refractivity contribution in [2.45, 2.75) is 26.4 Å². The summed E-state index contributed by atoms with van der Waals surface area (Å²) in [7, 11) is 0. The average Bonchev–Trinajstić information content (AvgIpc) is 2.87. The van der Waals surface area contributed by atoms with E-state index < -0.39 is 12.6 Å². The molecule has 34 heavy (non-hydrogen) atoms. The molecule has 3 aromatic carbocycles. The highest BCUT2D eigenvalue weighted by atomic mass is 16.5. The zero-order chi connectivity index (χ0) is 24.1. The third-order valence-electron chi connectivity index (χ3n) is 5.47. The Hall–Kier alpha value is -4.26. The molecule has 7 heteroatoms. The van der Waals surface area contributed by atoms with E-state index in [4.69, 9.17) is 4.74 Å². The van der Waals surface area contributed by atoms with E-state index in [9.17, 15) is 14.4 Å². The number of carbonyl (C=O) groups is 2.